The van der Waals surface area contributed by atoms with Gasteiger partial charge in [-0.25, -0.2) is 0 Å². The molecule has 23 heavy (non-hydrogen) atoms. The lowest BCUT2D eigenvalue weighted by Crippen LogP contribution is -2.31. The summed E-state index contributed by atoms with van der Waals surface area (Å²) < 4.78 is 7.99. The number of rotatable bonds is 5. The Morgan fingerprint density at radius 2 is 2.26 bits per heavy atom. The number of benzene rings is 1. The van der Waals surface area contributed by atoms with Crippen molar-refractivity contribution in [3.8, 4) is 0 Å². The summed E-state index contributed by atoms with van der Waals surface area (Å²) in [6.07, 6.45) is 5.10. The van der Waals surface area contributed by atoms with Gasteiger partial charge in [0.1, 0.15) is 11.8 Å². The molecular formula is C16H13BrClN3O2. The average molecular weight is 395 g/mol. The molecule has 1 atom stereocenters. The van der Waals surface area contributed by atoms with Crippen molar-refractivity contribution in [2.24, 2.45) is 0 Å². The van der Waals surface area contributed by atoms with Gasteiger partial charge >= 0.3 is 0 Å². The van der Waals surface area contributed by atoms with Gasteiger partial charge in [0.25, 0.3) is 5.91 Å². The monoisotopic (exact) mass is 393 g/mol. The van der Waals surface area contributed by atoms with Crippen LogP contribution in [0.25, 0.3) is 0 Å². The number of hydrogen-bond donors (Lipinski definition) is 1. The number of nitrogens with one attached hydrogen (secondary N) is 1. The molecule has 0 spiro atoms. The van der Waals surface area contributed by atoms with Crippen LogP contribution in [0.3, 0.4) is 0 Å². The Bertz CT molecular complexity index is 754. The van der Waals surface area contributed by atoms with Crippen LogP contribution in [-0.4, -0.2) is 22.2 Å². The molecule has 1 aromatic carbocycles. The van der Waals surface area contributed by atoms with E-state index in [1.807, 2.05) is 18.3 Å². The first-order chi connectivity index (χ1) is 11.1. The van der Waals surface area contributed by atoms with Gasteiger partial charge in [-0.15, -0.1) is 0 Å². The zero-order valence-corrected chi connectivity index (χ0v) is 14.3. The molecular weight excluding hydrogens is 382 g/mol. The fourth-order valence-corrected chi connectivity index (χ4v) is 2.79. The predicted octanol–water partition coefficient (Wildman–Crippen LogP) is 3.91. The van der Waals surface area contributed by atoms with E-state index in [1.165, 1.54) is 0 Å². The molecule has 5 nitrogen and oxygen atoms in total. The quantitative estimate of drug-likeness (QED) is 0.714. The second-order valence-electron chi connectivity index (χ2n) is 4.85. The minimum Gasteiger partial charge on any atom is -0.467 e. The van der Waals surface area contributed by atoms with Crippen LogP contribution >= 0.6 is 27.5 Å². The summed E-state index contributed by atoms with van der Waals surface area (Å²) in [7, 11) is 0. The summed E-state index contributed by atoms with van der Waals surface area (Å²) in [6.45, 7) is 0.330. The minimum atomic E-state index is -0.250. The van der Waals surface area contributed by atoms with Crippen LogP contribution in [0.5, 0.6) is 0 Å². The summed E-state index contributed by atoms with van der Waals surface area (Å²) in [5, 5.41) is 7.51. The standard InChI is InChI=1S/C16H13BrClN3O2/c17-11-4-5-13(18)12(9-11)16(22)19-10-14(15-3-1-8-23-15)21-7-2-6-20-21/h1-9,14H,10H2,(H,19,22). The predicted molar refractivity (Wildman–Crippen MR) is 90.6 cm³/mol. The summed E-state index contributed by atoms with van der Waals surface area (Å²) in [5.74, 6) is 0.467. The molecule has 0 saturated carbocycles. The Morgan fingerprint density at radius 3 is 2.96 bits per heavy atom. The summed E-state index contributed by atoms with van der Waals surface area (Å²) >= 11 is 9.43. The first-order valence-electron chi connectivity index (χ1n) is 6.91. The van der Waals surface area contributed by atoms with Gasteiger partial charge in [-0.2, -0.15) is 5.10 Å². The maximum atomic E-state index is 12.4. The van der Waals surface area contributed by atoms with Crippen molar-refractivity contribution in [3.63, 3.8) is 0 Å². The first-order valence-corrected chi connectivity index (χ1v) is 8.08. The molecule has 0 aliphatic rings. The molecule has 3 aromatic rings. The van der Waals surface area contributed by atoms with E-state index in [0.29, 0.717) is 22.9 Å². The molecule has 1 unspecified atom stereocenters. The largest absolute Gasteiger partial charge is 0.467 e. The van der Waals surface area contributed by atoms with Crippen molar-refractivity contribution >= 4 is 33.4 Å². The second kappa shape index (κ2) is 7.02. The molecule has 0 fully saturated rings. The molecule has 0 radical (unpaired) electrons. The van der Waals surface area contributed by atoms with Crippen molar-refractivity contribution < 1.29 is 9.21 Å². The molecule has 3 rings (SSSR count). The molecule has 1 amide bonds. The van der Waals surface area contributed by atoms with Crippen LogP contribution in [0.15, 0.2) is 63.9 Å². The van der Waals surface area contributed by atoms with Crippen molar-refractivity contribution in [3.05, 3.63) is 75.9 Å². The summed E-state index contributed by atoms with van der Waals surface area (Å²) in [5.41, 5.74) is 0.416. The SMILES string of the molecule is O=C(NCC(c1ccco1)n1cccn1)c1cc(Br)ccc1Cl. The normalized spacial score (nSPS) is 12.1. The van der Waals surface area contributed by atoms with Gasteiger partial charge in [0.15, 0.2) is 0 Å². The number of carbonyl (C=O) groups excluding carboxylic acids is 1. The van der Waals surface area contributed by atoms with E-state index >= 15 is 0 Å². The van der Waals surface area contributed by atoms with E-state index in [1.54, 1.807) is 41.4 Å². The second-order valence-corrected chi connectivity index (χ2v) is 6.17. The number of aromatic nitrogens is 2. The van der Waals surface area contributed by atoms with Crippen molar-refractivity contribution in [2.45, 2.75) is 6.04 Å². The molecule has 7 heteroatoms. The lowest BCUT2D eigenvalue weighted by atomic mass is 10.2. The Balaban J connectivity index is 1.77. The molecule has 0 bridgehead atoms. The molecule has 0 aliphatic heterocycles. The van der Waals surface area contributed by atoms with Crippen molar-refractivity contribution in [1.29, 1.82) is 0 Å². The number of carbonyl (C=O) groups is 1. The first kappa shape index (κ1) is 15.8. The third kappa shape index (κ3) is 3.65. The molecule has 2 heterocycles. The van der Waals surface area contributed by atoms with Crippen molar-refractivity contribution in [1.82, 2.24) is 15.1 Å². The molecule has 2 aromatic heterocycles. The number of furan rings is 1. The van der Waals surface area contributed by atoms with Crippen LogP contribution in [0.2, 0.25) is 5.02 Å². The Labute approximate surface area is 146 Å². The van der Waals surface area contributed by atoms with Crippen LogP contribution < -0.4 is 5.32 Å². The average Bonchev–Trinajstić information content (AvgIpc) is 3.23. The van der Waals surface area contributed by atoms with Crippen LogP contribution in [0.1, 0.15) is 22.2 Å². The highest BCUT2D eigenvalue weighted by Gasteiger charge is 2.19. The topological polar surface area (TPSA) is 60.1 Å². The van der Waals surface area contributed by atoms with Gasteiger partial charge < -0.3 is 9.73 Å². The van der Waals surface area contributed by atoms with Gasteiger partial charge in [-0.05, 0) is 36.4 Å². The number of nitrogens with zero attached hydrogens (tertiary/aromatic N) is 2. The van der Waals surface area contributed by atoms with Gasteiger partial charge in [-0.3, -0.25) is 9.48 Å². The van der Waals surface area contributed by atoms with Crippen molar-refractivity contribution in [2.75, 3.05) is 6.54 Å². The highest BCUT2D eigenvalue weighted by molar-refractivity contribution is 9.10. The van der Waals surface area contributed by atoms with E-state index in [9.17, 15) is 4.79 Å². The number of amides is 1. The molecule has 0 aliphatic carbocycles. The number of hydrogen-bond acceptors (Lipinski definition) is 3. The highest BCUT2D eigenvalue weighted by atomic mass is 79.9. The minimum absolute atomic E-state index is 0.227. The van der Waals surface area contributed by atoms with Crippen LogP contribution in [0, 0.1) is 0 Å². The third-order valence-electron chi connectivity index (χ3n) is 3.34. The Kier molecular flexibility index (Phi) is 4.83. The fourth-order valence-electron chi connectivity index (χ4n) is 2.23. The van der Waals surface area contributed by atoms with Crippen LogP contribution in [0.4, 0.5) is 0 Å². The van der Waals surface area contributed by atoms with Gasteiger partial charge in [0, 0.05) is 23.4 Å². The Hall–Kier alpha value is -2.05. The van der Waals surface area contributed by atoms with E-state index in [-0.39, 0.29) is 11.9 Å². The van der Waals surface area contributed by atoms with E-state index in [4.69, 9.17) is 16.0 Å². The number of halogens is 2. The third-order valence-corrected chi connectivity index (χ3v) is 4.17. The maximum absolute atomic E-state index is 12.4. The smallest absolute Gasteiger partial charge is 0.252 e. The summed E-state index contributed by atoms with van der Waals surface area (Å²) in [4.78, 5) is 12.4. The van der Waals surface area contributed by atoms with E-state index < -0.39 is 0 Å². The zero-order valence-electron chi connectivity index (χ0n) is 11.9. The Morgan fingerprint density at radius 1 is 1.39 bits per heavy atom. The molecule has 0 saturated heterocycles. The maximum Gasteiger partial charge on any atom is 0.252 e. The van der Waals surface area contributed by atoms with Gasteiger partial charge in [0.05, 0.1) is 16.8 Å². The van der Waals surface area contributed by atoms with E-state index in [0.717, 1.165) is 4.47 Å². The van der Waals surface area contributed by atoms with Gasteiger partial charge in [-0.1, -0.05) is 27.5 Å². The fraction of sp³-hybridized carbons (Fsp3) is 0.125. The molecule has 118 valence electrons. The van der Waals surface area contributed by atoms with E-state index in [2.05, 4.69) is 26.3 Å². The summed E-state index contributed by atoms with van der Waals surface area (Å²) in [6, 6.07) is 10.4. The zero-order chi connectivity index (χ0) is 16.2. The van der Waals surface area contributed by atoms with Gasteiger partial charge in [0.2, 0.25) is 0 Å². The van der Waals surface area contributed by atoms with Crippen LogP contribution in [-0.2, 0) is 0 Å². The lowest BCUT2D eigenvalue weighted by molar-refractivity contribution is 0.0948. The molecule has 1 N–H and O–H groups in total. The lowest BCUT2D eigenvalue weighted by Gasteiger charge is -2.16. The highest BCUT2D eigenvalue weighted by Crippen LogP contribution is 2.22.